The van der Waals surface area contributed by atoms with Crippen molar-refractivity contribution in [3.05, 3.63) is 102 Å². The third-order valence-electron chi connectivity index (χ3n) is 6.73. The van der Waals surface area contributed by atoms with Gasteiger partial charge in [0.05, 0.1) is 0 Å². The normalized spacial score (nSPS) is 13.4. The molecule has 146 valence electrons. The number of rotatable bonds is 1. The Morgan fingerprint density at radius 3 is 2.16 bits per heavy atom. The topological polar surface area (TPSA) is 0 Å². The predicted octanol–water partition coefficient (Wildman–Crippen LogP) is 8.99. The second-order valence-corrected chi connectivity index (χ2v) is 9.53. The van der Waals surface area contributed by atoms with Gasteiger partial charge >= 0.3 is 0 Å². The summed E-state index contributed by atoms with van der Waals surface area (Å²) < 4.78 is 2.72. The number of allylic oxidation sites excluding steroid dienone is 1. The van der Waals surface area contributed by atoms with E-state index in [0.717, 1.165) is 12.8 Å². The van der Waals surface area contributed by atoms with Gasteiger partial charge in [0.15, 0.2) is 0 Å². The number of fused-ring (bicyclic) bond motifs is 9. The molecule has 1 aliphatic rings. The Balaban J connectivity index is 1.51. The quantitative estimate of drug-likeness (QED) is 0.236. The summed E-state index contributed by atoms with van der Waals surface area (Å²) in [6.07, 6.45) is 6.89. The molecule has 6 aromatic rings. The maximum Gasteiger partial charge on any atom is 0.0355 e. The first kappa shape index (κ1) is 17.3. The maximum atomic E-state index is 2.41. The van der Waals surface area contributed by atoms with Gasteiger partial charge in [-0.15, -0.1) is 11.3 Å². The van der Waals surface area contributed by atoms with Crippen molar-refractivity contribution in [2.24, 2.45) is 0 Å². The first-order chi connectivity index (χ1) is 15.4. The van der Waals surface area contributed by atoms with Crippen molar-refractivity contribution >= 4 is 59.1 Å². The molecule has 0 fully saturated rings. The van der Waals surface area contributed by atoms with Crippen LogP contribution in [0.15, 0.2) is 91.0 Å². The van der Waals surface area contributed by atoms with Gasteiger partial charge in [0.1, 0.15) is 0 Å². The minimum atomic E-state index is 1.12. The smallest absolute Gasteiger partial charge is 0.0355 e. The molecule has 1 heteroatoms. The molecule has 0 radical (unpaired) electrons. The maximum absolute atomic E-state index is 2.41. The summed E-state index contributed by atoms with van der Waals surface area (Å²) in [6, 6.07) is 31.6. The minimum Gasteiger partial charge on any atom is -0.135 e. The fourth-order valence-corrected chi connectivity index (χ4v) is 6.35. The van der Waals surface area contributed by atoms with Crippen LogP contribution in [0.25, 0.3) is 58.9 Å². The van der Waals surface area contributed by atoms with Crippen LogP contribution in [0, 0.1) is 0 Å². The van der Waals surface area contributed by atoms with Crippen LogP contribution in [0.1, 0.15) is 17.5 Å². The molecular weight excluding hydrogens is 392 g/mol. The Morgan fingerprint density at radius 1 is 0.548 bits per heavy atom. The second kappa shape index (κ2) is 6.54. The van der Waals surface area contributed by atoms with Crippen LogP contribution >= 0.6 is 11.3 Å². The summed E-state index contributed by atoms with van der Waals surface area (Å²) in [5.74, 6) is 0. The van der Waals surface area contributed by atoms with Crippen molar-refractivity contribution in [1.29, 1.82) is 0 Å². The van der Waals surface area contributed by atoms with Crippen LogP contribution in [-0.2, 0) is 6.42 Å². The lowest BCUT2D eigenvalue weighted by atomic mass is 9.86. The Bertz CT molecular complexity index is 1680. The summed E-state index contributed by atoms with van der Waals surface area (Å²) in [5.41, 5.74) is 5.50. The fourth-order valence-electron chi connectivity index (χ4n) is 5.26. The van der Waals surface area contributed by atoms with E-state index in [1.165, 1.54) is 64.0 Å². The summed E-state index contributed by atoms with van der Waals surface area (Å²) in [5, 5.41) is 8.22. The van der Waals surface area contributed by atoms with Gasteiger partial charge in [-0.3, -0.25) is 0 Å². The molecule has 0 aliphatic heterocycles. The number of hydrogen-bond donors (Lipinski definition) is 0. The number of benzene rings is 5. The average Bonchev–Trinajstić information content (AvgIpc) is 3.22. The van der Waals surface area contributed by atoms with Crippen LogP contribution in [-0.4, -0.2) is 0 Å². The summed E-state index contributed by atoms with van der Waals surface area (Å²) in [6.45, 7) is 0. The van der Waals surface area contributed by atoms with Gasteiger partial charge in [0, 0.05) is 20.2 Å². The van der Waals surface area contributed by atoms with E-state index >= 15 is 0 Å². The third-order valence-corrected chi connectivity index (χ3v) is 7.88. The molecule has 1 aromatic heterocycles. The molecule has 5 aromatic carbocycles. The Kier molecular flexibility index (Phi) is 3.64. The van der Waals surface area contributed by atoms with Gasteiger partial charge in [-0.1, -0.05) is 72.8 Å². The predicted molar refractivity (Wildman–Crippen MR) is 137 cm³/mol. The van der Waals surface area contributed by atoms with Gasteiger partial charge in [-0.25, -0.2) is 0 Å². The second-order valence-electron chi connectivity index (χ2n) is 8.45. The molecular formula is C30H20S. The zero-order valence-corrected chi connectivity index (χ0v) is 17.9. The summed E-state index contributed by atoms with van der Waals surface area (Å²) >= 11 is 1.88. The Morgan fingerprint density at radius 2 is 1.26 bits per heavy atom. The lowest BCUT2D eigenvalue weighted by molar-refractivity contribution is 1.00. The molecule has 31 heavy (non-hydrogen) atoms. The lowest BCUT2D eigenvalue weighted by Crippen LogP contribution is -1.97. The standard InChI is InChI=1S/C30H20S/c1-2-9-23-21(7-1)22-8-3-4-10-24(22)27-17-19(13-15-25(23)27)20-14-16-30-28(18-20)26-11-5-6-12-29(26)31-30/h1,3-8,10-18H,2,9H2. The highest BCUT2D eigenvalue weighted by Crippen LogP contribution is 2.40. The Hall–Kier alpha value is -3.42. The Labute approximate surface area is 185 Å². The molecule has 0 N–H and O–H groups in total. The van der Waals surface area contributed by atoms with Crippen LogP contribution in [0.4, 0.5) is 0 Å². The van der Waals surface area contributed by atoms with E-state index in [-0.39, 0.29) is 0 Å². The molecule has 0 unspecified atom stereocenters. The zero-order valence-electron chi connectivity index (χ0n) is 17.1. The molecule has 0 saturated carbocycles. The van der Waals surface area contributed by atoms with Gasteiger partial charge < -0.3 is 0 Å². The average molecular weight is 413 g/mol. The van der Waals surface area contributed by atoms with E-state index in [4.69, 9.17) is 0 Å². The highest BCUT2D eigenvalue weighted by Gasteiger charge is 2.15. The van der Waals surface area contributed by atoms with Gasteiger partial charge in [-0.05, 0) is 80.9 Å². The molecule has 1 heterocycles. The van der Waals surface area contributed by atoms with E-state index in [1.807, 2.05) is 11.3 Å². The van der Waals surface area contributed by atoms with Crippen molar-refractivity contribution in [2.45, 2.75) is 12.8 Å². The number of aryl methyl sites for hydroxylation is 1. The highest BCUT2D eigenvalue weighted by atomic mass is 32.1. The third kappa shape index (κ3) is 2.54. The molecule has 7 rings (SSSR count). The highest BCUT2D eigenvalue weighted by molar-refractivity contribution is 7.25. The van der Waals surface area contributed by atoms with Crippen LogP contribution in [0.3, 0.4) is 0 Å². The van der Waals surface area contributed by atoms with Gasteiger partial charge in [-0.2, -0.15) is 0 Å². The van der Waals surface area contributed by atoms with Gasteiger partial charge in [0.2, 0.25) is 0 Å². The number of thiophene rings is 1. The number of hydrogen-bond acceptors (Lipinski definition) is 1. The minimum absolute atomic E-state index is 1.12. The van der Waals surface area contributed by atoms with E-state index in [9.17, 15) is 0 Å². The van der Waals surface area contributed by atoms with E-state index in [1.54, 1.807) is 0 Å². The molecule has 1 aliphatic carbocycles. The van der Waals surface area contributed by atoms with Crippen molar-refractivity contribution in [3.63, 3.8) is 0 Å². The molecule has 0 nitrogen and oxygen atoms in total. The zero-order chi connectivity index (χ0) is 20.4. The van der Waals surface area contributed by atoms with Crippen molar-refractivity contribution < 1.29 is 0 Å². The summed E-state index contributed by atoms with van der Waals surface area (Å²) in [4.78, 5) is 0. The van der Waals surface area contributed by atoms with E-state index in [2.05, 4.69) is 97.1 Å². The van der Waals surface area contributed by atoms with Gasteiger partial charge in [0.25, 0.3) is 0 Å². The van der Waals surface area contributed by atoms with E-state index in [0.29, 0.717) is 0 Å². The largest absolute Gasteiger partial charge is 0.135 e. The van der Waals surface area contributed by atoms with E-state index < -0.39 is 0 Å². The monoisotopic (exact) mass is 412 g/mol. The first-order valence-corrected chi connectivity index (χ1v) is 11.7. The van der Waals surface area contributed by atoms with Crippen molar-refractivity contribution in [3.8, 4) is 11.1 Å². The molecule has 0 spiro atoms. The fraction of sp³-hybridized carbons (Fsp3) is 0.0667. The van der Waals surface area contributed by atoms with Crippen molar-refractivity contribution in [1.82, 2.24) is 0 Å². The van der Waals surface area contributed by atoms with Crippen LogP contribution in [0.2, 0.25) is 0 Å². The molecule has 0 bridgehead atoms. The molecule has 0 amide bonds. The summed E-state index contributed by atoms with van der Waals surface area (Å²) in [7, 11) is 0. The molecule has 0 atom stereocenters. The first-order valence-electron chi connectivity index (χ1n) is 10.9. The molecule has 0 saturated heterocycles. The van der Waals surface area contributed by atoms with Crippen molar-refractivity contribution in [2.75, 3.05) is 0 Å². The van der Waals surface area contributed by atoms with Crippen LogP contribution < -0.4 is 0 Å². The SMILES string of the molecule is C1=Cc2c(c3ccc(-c4ccc5sc6ccccc6c5c4)cc3c3ccccc23)CC1. The lowest BCUT2D eigenvalue weighted by Gasteiger charge is -2.18. The van der Waals surface area contributed by atoms with Crippen LogP contribution in [0.5, 0.6) is 0 Å².